The van der Waals surface area contributed by atoms with Crippen LogP contribution in [0, 0.1) is 0 Å². The van der Waals surface area contributed by atoms with Gasteiger partial charge in [0.2, 0.25) is 0 Å². The van der Waals surface area contributed by atoms with E-state index in [0.29, 0.717) is 11.7 Å². The van der Waals surface area contributed by atoms with E-state index < -0.39 is 0 Å². The summed E-state index contributed by atoms with van der Waals surface area (Å²) >= 11 is 0. The molecule has 0 unspecified atom stereocenters. The maximum absolute atomic E-state index is 5.94. The van der Waals surface area contributed by atoms with Gasteiger partial charge in [-0.3, -0.25) is 0 Å². The predicted octanol–water partition coefficient (Wildman–Crippen LogP) is 2.83. The molecule has 1 saturated carbocycles. The molecular weight excluding hydrogens is 266 g/mol. The first kappa shape index (κ1) is 13.9. The summed E-state index contributed by atoms with van der Waals surface area (Å²) in [5.74, 6) is 1.49. The molecule has 0 radical (unpaired) electrons. The number of nitrogens with zero attached hydrogens (tertiary/aromatic N) is 4. The van der Waals surface area contributed by atoms with Crippen molar-refractivity contribution >= 4 is 5.69 Å². The Labute approximate surface area is 124 Å². The topological polar surface area (TPSA) is 78.8 Å². The zero-order valence-corrected chi connectivity index (χ0v) is 12.3. The van der Waals surface area contributed by atoms with Crippen molar-refractivity contribution < 1.29 is 4.74 Å². The molecule has 1 aromatic heterocycles. The molecule has 6 heteroatoms. The second-order valence-corrected chi connectivity index (χ2v) is 5.59. The van der Waals surface area contributed by atoms with Gasteiger partial charge in [0.15, 0.2) is 5.82 Å². The third-order valence-corrected chi connectivity index (χ3v) is 4.09. The number of benzene rings is 1. The number of anilines is 1. The van der Waals surface area contributed by atoms with E-state index in [-0.39, 0.29) is 0 Å². The predicted molar refractivity (Wildman–Crippen MR) is 81.0 cm³/mol. The van der Waals surface area contributed by atoms with E-state index in [2.05, 4.69) is 15.5 Å². The molecule has 2 aromatic rings. The largest absolute Gasteiger partial charge is 0.497 e. The minimum absolute atomic E-state index is 0.380. The molecule has 2 N–H and O–H groups in total. The minimum Gasteiger partial charge on any atom is -0.497 e. The van der Waals surface area contributed by atoms with Gasteiger partial charge in [0.25, 0.3) is 0 Å². The summed E-state index contributed by atoms with van der Waals surface area (Å²) in [7, 11) is 1.63. The summed E-state index contributed by atoms with van der Waals surface area (Å²) < 4.78 is 7.24. The Morgan fingerprint density at radius 3 is 2.62 bits per heavy atom. The molecule has 0 atom stereocenters. The van der Waals surface area contributed by atoms with E-state index >= 15 is 0 Å². The number of aromatic nitrogens is 4. The lowest BCUT2D eigenvalue weighted by molar-refractivity contribution is 0.400. The Bertz CT molecular complexity index is 602. The van der Waals surface area contributed by atoms with Gasteiger partial charge in [0.1, 0.15) is 5.75 Å². The monoisotopic (exact) mass is 287 g/mol. The molecule has 0 amide bonds. The van der Waals surface area contributed by atoms with Crippen molar-refractivity contribution in [2.24, 2.45) is 0 Å². The van der Waals surface area contributed by atoms with Crippen LogP contribution in [0.2, 0.25) is 0 Å². The second kappa shape index (κ2) is 6.11. The number of hydrogen-bond donors (Lipinski definition) is 1. The smallest absolute Gasteiger partial charge is 0.182 e. The normalized spacial score (nSPS) is 16.6. The highest BCUT2D eigenvalue weighted by molar-refractivity contribution is 5.64. The quantitative estimate of drug-likeness (QED) is 0.693. The molecular formula is C15H21N5O. The summed E-state index contributed by atoms with van der Waals surface area (Å²) in [4.78, 5) is 0. The van der Waals surface area contributed by atoms with Gasteiger partial charge in [-0.05, 0) is 35.4 Å². The molecule has 0 spiro atoms. The lowest BCUT2D eigenvalue weighted by Crippen LogP contribution is -2.11. The van der Waals surface area contributed by atoms with Gasteiger partial charge in [-0.25, -0.2) is 4.68 Å². The molecule has 6 nitrogen and oxygen atoms in total. The van der Waals surface area contributed by atoms with Crippen molar-refractivity contribution in [3.05, 3.63) is 18.2 Å². The molecule has 1 fully saturated rings. The number of methoxy groups -OCH3 is 1. The van der Waals surface area contributed by atoms with Crippen LogP contribution in [0.15, 0.2) is 18.2 Å². The van der Waals surface area contributed by atoms with Gasteiger partial charge in [-0.1, -0.05) is 25.7 Å². The molecule has 1 aromatic carbocycles. The summed E-state index contributed by atoms with van der Waals surface area (Å²) in [6.45, 7) is 0. The van der Waals surface area contributed by atoms with E-state index in [4.69, 9.17) is 10.5 Å². The third kappa shape index (κ3) is 2.99. The lowest BCUT2D eigenvalue weighted by Gasteiger charge is -2.16. The van der Waals surface area contributed by atoms with Crippen molar-refractivity contribution in [1.82, 2.24) is 20.2 Å². The van der Waals surface area contributed by atoms with E-state index in [9.17, 15) is 0 Å². The first-order valence-corrected chi connectivity index (χ1v) is 7.51. The minimum atomic E-state index is 0.380. The highest BCUT2D eigenvalue weighted by atomic mass is 16.5. The van der Waals surface area contributed by atoms with Gasteiger partial charge in [-0.15, -0.1) is 5.10 Å². The summed E-state index contributed by atoms with van der Waals surface area (Å²) in [5, 5.41) is 12.3. The van der Waals surface area contributed by atoms with Gasteiger partial charge in [-0.2, -0.15) is 0 Å². The number of nitrogens with two attached hydrogens (primary N) is 1. The van der Waals surface area contributed by atoms with E-state index in [1.54, 1.807) is 13.2 Å². The molecule has 3 rings (SSSR count). The first-order valence-electron chi connectivity index (χ1n) is 7.51. The molecule has 0 aliphatic heterocycles. The fourth-order valence-corrected chi connectivity index (χ4v) is 3.00. The van der Waals surface area contributed by atoms with Crippen molar-refractivity contribution in [2.45, 2.75) is 44.6 Å². The van der Waals surface area contributed by atoms with Gasteiger partial charge in [0.05, 0.1) is 13.2 Å². The summed E-state index contributed by atoms with van der Waals surface area (Å²) in [6.07, 6.45) is 7.36. The van der Waals surface area contributed by atoms with Gasteiger partial charge < -0.3 is 10.5 Å². The third-order valence-electron chi connectivity index (χ3n) is 4.09. The maximum atomic E-state index is 5.94. The van der Waals surface area contributed by atoms with Crippen molar-refractivity contribution in [2.75, 3.05) is 12.8 Å². The Morgan fingerprint density at radius 1 is 1.14 bits per heavy atom. The molecule has 112 valence electrons. The zero-order chi connectivity index (χ0) is 14.7. The van der Waals surface area contributed by atoms with Crippen LogP contribution < -0.4 is 10.5 Å². The van der Waals surface area contributed by atoms with Crippen LogP contribution >= 0.6 is 0 Å². The zero-order valence-electron chi connectivity index (χ0n) is 12.3. The van der Waals surface area contributed by atoms with Crippen LogP contribution in [0.5, 0.6) is 5.75 Å². The van der Waals surface area contributed by atoms with Crippen LogP contribution in [0.1, 0.15) is 44.6 Å². The molecule has 1 aliphatic rings. The Morgan fingerprint density at radius 2 is 1.90 bits per heavy atom. The van der Waals surface area contributed by atoms with E-state index in [1.807, 2.05) is 16.8 Å². The van der Waals surface area contributed by atoms with Crippen LogP contribution in [0.3, 0.4) is 0 Å². The van der Waals surface area contributed by atoms with Crippen molar-refractivity contribution in [3.8, 4) is 17.1 Å². The van der Waals surface area contributed by atoms with Gasteiger partial charge in [0, 0.05) is 17.3 Å². The van der Waals surface area contributed by atoms with E-state index in [1.165, 1.54) is 25.7 Å². The van der Waals surface area contributed by atoms with Crippen LogP contribution in [-0.4, -0.2) is 27.3 Å². The second-order valence-electron chi connectivity index (χ2n) is 5.59. The van der Waals surface area contributed by atoms with Crippen LogP contribution in [-0.2, 0) is 0 Å². The van der Waals surface area contributed by atoms with Crippen LogP contribution in [0.4, 0.5) is 5.69 Å². The fraction of sp³-hybridized carbons (Fsp3) is 0.533. The van der Waals surface area contributed by atoms with Crippen molar-refractivity contribution in [1.29, 1.82) is 0 Å². The van der Waals surface area contributed by atoms with Gasteiger partial charge >= 0.3 is 0 Å². The first-order chi connectivity index (χ1) is 10.3. The summed E-state index contributed by atoms with van der Waals surface area (Å²) in [5.41, 5.74) is 7.49. The highest BCUT2D eigenvalue weighted by Gasteiger charge is 2.20. The highest BCUT2D eigenvalue weighted by Crippen LogP contribution is 2.31. The molecule has 1 heterocycles. The molecule has 21 heavy (non-hydrogen) atoms. The maximum Gasteiger partial charge on any atom is 0.182 e. The lowest BCUT2D eigenvalue weighted by atomic mass is 10.1. The van der Waals surface area contributed by atoms with E-state index in [0.717, 1.165) is 30.0 Å². The number of rotatable bonds is 3. The number of nitrogen functional groups attached to an aromatic ring is 1. The number of tetrazole rings is 1. The summed E-state index contributed by atoms with van der Waals surface area (Å²) in [6, 6.07) is 5.99. The Balaban J connectivity index is 1.96. The molecule has 1 aliphatic carbocycles. The molecule has 0 bridgehead atoms. The standard InChI is InChI=1S/C15H21N5O/c1-21-14-9-11(8-12(16)10-14)15-17-18-19-20(15)13-6-4-2-3-5-7-13/h8-10,13H,2-7,16H2,1H3. The SMILES string of the molecule is COc1cc(N)cc(-c2nnnn2C2CCCCCC2)c1. The Hall–Kier alpha value is -2.11. The van der Waals surface area contributed by atoms with Crippen molar-refractivity contribution in [3.63, 3.8) is 0 Å². The fourth-order valence-electron chi connectivity index (χ4n) is 3.00. The number of ether oxygens (including phenoxy) is 1. The molecule has 0 saturated heterocycles. The Kier molecular flexibility index (Phi) is 4.03. The van der Waals surface area contributed by atoms with Crippen LogP contribution in [0.25, 0.3) is 11.4 Å². The average Bonchev–Trinajstić information content (AvgIpc) is 2.82. The number of hydrogen-bond acceptors (Lipinski definition) is 5. The average molecular weight is 287 g/mol.